The van der Waals surface area contributed by atoms with Crippen LogP contribution in [-0.2, 0) is 20.2 Å². The lowest BCUT2D eigenvalue weighted by atomic mass is 9.95. The minimum absolute atomic E-state index is 0.0542. The predicted molar refractivity (Wildman–Crippen MR) is 102 cm³/mol. The van der Waals surface area contributed by atoms with Crippen molar-refractivity contribution in [2.24, 2.45) is 7.05 Å². The first kappa shape index (κ1) is 17.2. The molecule has 6 heteroatoms. The first-order valence-corrected chi connectivity index (χ1v) is 9.36. The molecule has 3 aromatic rings. The molecular formula is C20H27N5O. The maximum Gasteiger partial charge on any atom is 0.158 e. The quantitative estimate of drug-likeness (QED) is 0.757. The summed E-state index contributed by atoms with van der Waals surface area (Å²) in [5.41, 5.74) is 5.26. The highest BCUT2D eigenvalue weighted by Gasteiger charge is 2.25. The van der Waals surface area contributed by atoms with Crippen molar-refractivity contribution in [1.29, 1.82) is 0 Å². The third kappa shape index (κ3) is 2.93. The van der Waals surface area contributed by atoms with E-state index < -0.39 is 0 Å². The van der Waals surface area contributed by atoms with Crippen molar-refractivity contribution in [2.75, 3.05) is 13.1 Å². The monoisotopic (exact) mass is 353 g/mol. The van der Waals surface area contributed by atoms with Gasteiger partial charge in [0, 0.05) is 30.6 Å². The van der Waals surface area contributed by atoms with Crippen LogP contribution in [0, 0.1) is 13.8 Å². The van der Waals surface area contributed by atoms with E-state index in [1.54, 1.807) is 0 Å². The van der Waals surface area contributed by atoms with E-state index >= 15 is 0 Å². The molecule has 0 radical (unpaired) electrons. The molecule has 2 N–H and O–H groups in total. The second-order valence-corrected chi connectivity index (χ2v) is 7.46. The lowest BCUT2D eigenvalue weighted by Crippen LogP contribution is -2.33. The fraction of sp³-hybridized carbons (Fsp3) is 0.500. The van der Waals surface area contributed by atoms with Gasteiger partial charge >= 0.3 is 0 Å². The average molecular weight is 353 g/mol. The normalized spacial score (nSPS) is 16.6. The van der Waals surface area contributed by atoms with E-state index in [9.17, 15) is 5.11 Å². The Morgan fingerprint density at radius 1 is 1.19 bits per heavy atom. The number of aromatic amines is 1. The summed E-state index contributed by atoms with van der Waals surface area (Å²) in [6.45, 7) is 7.37. The molecule has 0 bridgehead atoms. The fourth-order valence-electron chi connectivity index (χ4n) is 4.13. The van der Waals surface area contributed by atoms with E-state index in [-0.39, 0.29) is 6.61 Å². The van der Waals surface area contributed by atoms with E-state index in [1.165, 1.54) is 27.7 Å². The number of hydrogen-bond acceptors (Lipinski definition) is 4. The number of benzene rings is 1. The number of aliphatic hydroxyl groups is 1. The van der Waals surface area contributed by atoms with Crippen molar-refractivity contribution in [1.82, 2.24) is 24.6 Å². The molecule has 0 atom stereocenters. The lowest BCUT2D eigenvalue weighted by molar-refractivity contribution is 0.200. The van der Waals surface area contributed by atoms with Crippen LogP contribution in [0.4, 0.5) is 0 Å². The van der Waals surface area contributed by atoms with Gasteiger partial charge in [-0.1, -0.05) is 18.2 Å². The summed E-state index contributed by atoms with van der Waals surface area (Å²) in [5.74, 6) is 2.08. The molecule has 138 valence electrons. The van der Waals surface area contributed by atoms with Gasteiger partial charge in [-0.3, -0.25) is 4.90 Å². The molecule has 0 amide bonds. The molecule has 3 heterocycles. The molecule has 26 heavy (non-hydrogen) atoms. The van der Waals surface area contributed by atoms with Gasteiger partial charge in [0.15, 0.2) is 5.82 Å². The van der Waals surface area contributed by atoms with E-state index in [1.807, 2.05) is 11.6 Å². The highest BCUT2D eigenvalue weighted by Crippen LogP contribution is 2.29. The highest BCUT2D eigenvalue weighted by molar-refractivity contribution is 5.87. The third-order valence-electron chi connectivity index (χ3n) is 5.92. The van der Waals surface area contributed by atoms with Crippen LogP contribution in [0.1, 0.15) is 47.2 Å². The molecule has 0 unspecified atom stereocenters. The van der Waals surface area contributed by atoms with Gasteiger partial charge in [-0.15, -0.1) is 10.2 Å². The summed E-state index contributed by atoms with van der Waals surface area (Å²) in [5, 5.41) is 19.0. The van der Waals surface area contributed by atoms with Crippen LogP contribution >= 0.6 is 0 Å². The topological polar surface area (TPSA) is 70.0 Å². The minimum atomic E-state index is -0.0542. The number of aromatic nitrogens is 4. The number of para-hydroxylation sites is 1. The average Bonchev–Trinajstić information content (AvgIpc) is 3.17. The lowest BCUT2D eigenvalue weighted by Gasteiger charge is -2.31. The number of piperidine rings is 1. The Morgan fingerprint density at radius 2 is 1.96 bits per heavy atom. The maximum absolute atomic E-state index is 9.31. The van der Waals surface area contributed by atoms with Crippen LogP contribution in [0.3, 0.4) is 0 Å². The van der Waals surface area contributed by atoms with Crippen molar-refractivity contribution in [2.45, 2.75) is 45.8 Å². The first-order chi connectivity index (χ1) is 12.6. The summed E-state index contributed by atoms with van der Waals surface area (Å²) in [7, 11) is 1.95. The van der Waals surface area contributed by atoms with Crippen LogP contribution in [0.2, 0.25) is 0 Å². The van der Waals surface area contributed by atoms with E-state index in [0.29, 0.717) is 11.7 Å². The summed E-state index contributed by atoms with van der Waals surface area (Å²) < 4.78 is 1.95. The van der Waals surface area contributed by atoms with Crippen molar-refractivity contribution in [3.63, 3.8) is 0 Å². The number of nitrogens with zero attached hydrogens (tertiary/aromatic N) is 4. The molecule has 1 aliphatic heterocycles. The molecule has 0 spiro atoms. The van der Waals surface area contributed by atoms with E-state index in [4.69, 9.17) is 0 Å². The zero-order valence-corrected chi connectivity index (χ0v) is 15.8. The second kappa shape index (κ2) is 6.85. The van der Waals surface area contributed by atoms with Gasteiger partial charge in [-0.25, -0.2) is 0 Å². The Morgan fingerprint density at radius 3 is 2.65 bits per heavy atom. The Bertz CT molecular complexity index is 918. The minimum Gasteiger partial charge on any atom is -0.388 e. The van der Waals surface area contributed by atoms with Gasteiger partial charge in [0.2, 0.25) is 0 Å². The molecule has 1 aliphatic rings. The molecule has 6 nitrogen and oxygen atoms in total. The van der Waals surface area contributed by atoms with Crippen molar-refractivity contribution >= 4 is 10.9 Å². The van der Waals surface area contributed by atoms with Gasteiger partial charge in [-0.05, 0) is 50.9 Å². The van der Waals surface area contributed by atoms with Crippen LogP contribution < -0.4 is 0 Å². The van der Waals surface area contributed by atoms with E-state index in [2.05, 4.69) is 52.1 Å². The molecule has 4 rings (SSSR count). The standard InChI is InChI=1S/C20H27N5O/c1-13-14(2)21-19-16(5-4-6-17(13)19)11-25-9-7-15(8-10-25)20-23-22-18(12-26)24(20)3/h4-6,15,21,26H,7-12H2,1-3H3. The zero-order valence-electron chi connectivity index (χ0n) is 15.8. The van der Waals surface area contributed by atoms with Gasteiger partial charge in [0.05, 0.1) is 5.52 Å². The number of fused-ring (bicyclic) bond motifs is 1. The van der Waals surface area contributed by atoms with Crippen molar-refractivity contribution < 1.29 is 5.11 Å². The van der Waals surface area contributed by atoms with Gasteiger partial charge in [0.1, 0.15) is 12.4 Å². The Labute approximate surface area is 153 Å². The molecule has 2 aromatic heterocycles. The SMILES string of the molecule is Cc1[nH]c2c(CN3CCC(c4nnc(CO)n4C)CC3)cccc2c1C. The number of hydrogen-bond donors (Lipinski definition) is 2. The number of aryl methyl sites for hydroxylation is 2. The molecule has 1 saturated heterocycles. The van der Waals surface area contributed by atoms with Gasteiger partial charge < -0.3 is 14.7 Å². The largest absolute Gasteiger partial charge is 0.388 e. The summed E-state index contributed by atoms with van der Waals surface area (Å²) in [6, 6.07) is 6.61. The molecule has 0 aliphatic carbocycles. The Balaban J connectivity index is 1.46. The fourth-order valence-corrected chi connectivity index (χ4v) is 4.13. The first-order valence-electron chi connectivity index (χ1n) is 9.36. The molecule has 0 saturated carbocycles. The predicted octanol–water partition coefficient (Wildman–Crippen LogP) is 2.79. The third-order valence-corrected chi connectivity index (χ3v) is 5.92. The Hall–Kier alpha value is -2.18. The smallest absolute Gasteiger partial charge is 0.158 e. The van der Waals surface area contributed by atoms with E-state index in [0.717, 1.165) is 38.3 Å². The van der Waals surface area contributed by atoms with Crippen LogP contribution in [0.15, 0.2) is 18.2 Å². The molecule has 1 fully saturated rings. The molecular weight excluding hydrogens is 326 g/mol. The molecule has 1 aromatic carbocycles. The highest BCUT2D eigenvalue weighted by atomic mass is 16.3. The van der Waals surface area contributed by atoms with Crippen LogP contribution in [0.25, 0.3) is 10.9 Å². The van der Waals surface area contributed by atoms with Gasteiger partial charge in [-0.2, -0.15) is 0 Å². The maximum atomic E-state index is 9.31. The van der Waals surface area contributed by atoms with Crippen molar-refractivity contribution in [3.05, 3.63) is 46.7 Å². The number of nitrogens with one attached hydrogen (secondary N) is 1. The second-order valence-electron chi connectivity index (χ2n) is 7.46. The number of aliphatic hydroxyl groups excluding tert-OH is 1. The summed E-state index contributed by atoms with van der Waals surface area (Å²) in [6.07, 6.45) is 2.16. The van der Waals surface area contributed by atoms with Crippen molar-refractivity contribution in [3.8, 4) is 0 Å². The number of H-pyrrole nitrogens is 1. The summed E-state index contributed by atoms with van der Waals surface area (Å²) >= 11 is 0. The van der Waals surface area contributed by atoms with Crippen LogP contribution in [0.5, 0.6) is 0 Å². The summed E-state index contributed by atoms with van der Waals surface area (Å²) in [4.78, 5) is 6.09. The Kier molecular flexibility index (Phi) is 4.54. The number of likely N-dealkylation sites (tertiary alicyclic amines) is 1. The zero-order chi connectivity index (χ0) is 18.3. The van der Waals surface area contributed by atoms with Gasteiger partial charge in [0.25, 0.3) is 0 Å². The van der Waals surface area contributed by atoms with Crippen LogP contribution in [-0.4, -0.2) is 42.8 Å². The number of rotatable bonds is 4.